The van der Waals surface area contributed by atoms with Crippen LogP contribution < -0.4 is 15.4 Å². The quantitative estimate of drug-likeness (QED) is 0.681. The molecule has 6 heteroatoms. The number of hydrogen-bond acceptors (Lipinski definition) is 3. The highest BCUT2D eigenvalue weighted by atomic mass is 35.5. The summed E-state index contributed by atoms with van der Waals surface area (Å²) in [7, 11) is 1.58. The Kier molecular flexibility index (Phi) is 6.80. The molecule has 2 aromatic carbocycles. The van der Waals surface area contributed by atoms with Gasteiger partial charge in [0, 0.05) is 12.1 Å². The number of para-hydroxylation sites is 1. The van der Waals surface area contributed by atoms with Gasteiger partial charge in [0.25, 0.3) is 0 Å². The minimum absolute atomic E-state index is 0.0373. The number of benzene rings is 2. The van der Waals surface area contributed by atoms with Crippen molar-refractivity contribution in [1.82, 2.24) is 10.6 Å². The van der Waals surface area contributed by atoms with Gasteiger partial charge in [0.05, 0.1) is 18.6 Å². The van der Waals surface area contributed by atoms with Crippen molar-refractivity contribution in [2.24, 2.45) is 0 Å². The number of methoxy groups -OCH3 is 1. The van der Waals surface area contributed by atoms with Crippen molar-refractivity contribution in [3.8, 4) is 5.75 Å². The first kappa shape index (κ1) is 21.2. The standard InChI is InChI=1S/C23H27ClN2O3/c1-23(13-7-9-16-8-3-5-11-18(16)23)22(28)25-15-19(26-21(27)14-24)17-10-4-6-12-20(17)29-2/h3-6,8,10-12,19H,7,9,13-15H2,1-2H3,(H,25,28)(H,26,27). The molecule has 29 heavy (non-hydrogen) atoms. The second kappa shape index (κ2) is 9.31. The van der Waals surface area contributed by atoms with Crippen molar-refractivity contribution < 1.29 is 14.3 Å². The van der Waals surface area contributed by atoms with Crippen molar-refractivity contribution in [3.63, 3.8) is 0 Å². The lowest BCUT2D eigenvalue weighted by atomic mass is 9.70. The number of nitrogens with one attached hydrogen (secondary N) is 2. The minimum Gasteiger partial charge on any atom is -0.496 e. The Balaban J connectivity index is 1.81. The van der Waals surface area contributed by atoms with E-state index in [1.165, 1.54) is 5.56 Å². The Morgan fingerprint density at radius 2 is 1.90 bits per heavy atom. The number of alkyl halides is 1. The van der Waals surface area contributed by atoms with Crippen molar-refractivity contribution in [3.05, 3.63) is 65.2 Å². The molecule has 2 N–H and O–H groups in total. The van der Waals surface area contributed by atoms with Crippen LogP contribution in [0.25, 0.3) is 0 Å². The summed E-state index contributed by atoms with van der Waals surface area (Å²) < 4.78 is 5.43. The Morgan fingerprint density at radius 1 is 1.17 bits per heavy atom. The number of halogens is 1. The topological polar surface area (TPSA) is 67.4 Å². The van der Waals surface area contributed by atoms with Gasteiger partial charge in [-0.3, -0.25) is 9.59 Å². The Labute approximate surface area is 176 Å². The Morgan fingerprint density at radius 3 is 2.66 bits per heavy atom. The molecule has 0 aliphatic heterocycles. The average molecular weight is 415 g/mol. The first-order valence-electron chi connectivity index (χ1n) is 9.84. The van der Waals surface area contributed by atoms with Gasteiger partial charge in [-0.25, -0.2) is 0 Å². The first-order chi connectivity index (χ1) is 14.0. The molecule has 0 aromatic heterocycles. The van der Waals surface area contributed by atoms with Crippen LogP contribution in [0.5, 0.6) is 5.75 Å². The van der Waals surface area contributed by atoms with E-state index < -0.39 is 11.5 Å². The minimum atomic E-state index is -0.587. The summed E-state index contributed by atoms with van der Waals surface area (Å²) in [6, 6.07) is 15.1. The van der Waals surface area contributed by atoms with Gasteiger partial charge in [0.1, 0.15) is 11.6 Å². The molecule has 1 aliphatic rings. The fourth-order valence-electron chi connectivity index (χ4n) is 4.10. The number of rotatable bonds is 7. The van der Waals surface area contributed by atoms with Gasteiger partial charge < -0.3 is 15.4 Å². The third-order valence-electron chi connectivity index (χ3n) is 5.67. The summed E-state index contributed by atoms with van der Waals surface area (Å²) in [5.41, 5.74) is 2.52. The molecule has 0 fully saturated rings. The first-order valence-corrected chi connectivity index (χ1v) is 10.4. The van der Waals surface area contributed by atoms with Crippen LogP contribution in [-0.4, -0.2) is 31.3 Å². The molecule has 0 bridgehead atoms. The molecule has 2 atom stereocenters. The fraction of sp³-hybridized carbons (Fsp3) is 0.391. The van der Waals surface area contributed by atoms with Crippen molar-refractivity contribution in [2.75, 3.05) is 19.5 Å². The van der Waals surface area contributed by atoms with Crippen molar-refractivity contribution >= 4 is 23.4 Å². The Bertz CT molecular complexity index is 886. The van der Waals surface area contributed by atoms with E-state index in [4.69, 9.17) is 16.3 Å². The highest BCUT2D eigenvalue weighted by molar-refractivity contribution is 6.27. The van der Waals surface area contributed by atoms with Gasteiger partial charge in [-0.2, -0.15) is 0 Å². The zero-order chi connectivity index (χ0) is 20.9. The van der Waals surface area contributed by atoms with Gasteiger partial charge in [-0.05, 0) is 43.4 Å². The van der Waals surface area contributed by atoms with E-state index in [9.17, 15) is 9.59 Å². The van der Waals surface area contributed by atoms with Crippen LogP contribution >= 0.6 is 11.6 Å². The third kappa shape index (κ3) is 4.56. The van der Waals surface area contributed by atoms with Crippen LogP contribution in [0.3, 0.4) is 0 Å². The number of aryl methyl sites for hydroxylation is 1. The van der Waals surface area contributed by atoms with Crippen molar-refractivity contribution in [2.45, 2.75) is 37.6 Å². The van der Waals surface area contributed by atoms with Gasteiger partial charge in [0.2, 0.25) is 11.8 Å². The maximum absolute atomic E-state index is 13.2. The van der Waals surface area contributed by atoms with E-state index >= 15 is 0 Å². The number of carbonyl (C=O) groups excluding carboxylic acids is 2. The second-order valence-corrected chi connectivity index (χ2v) is 7.82. The molecule has 0 saturated carbocycles. The van der Waals surface area contributed by atoms with E-state index in [1.807, 2.05) is 49.4 Å². The van der Waals surface area contributed by atoms with Crippen LogP contribution in [-0.2, 0) is 21.4 Å². The third-order valence-corrected chi connectivity index (χ3v) is 5.92. The largest absolute Gasteiger partial charge is 0.496 e. The molecule has 0 spiro atoms. The number of hydrogen-bond donors (Lipinski definition) is 2. The zero-order valence-electron chi connectivity index (χ0n) is 16.8. The molecule has 0 radical (unpaired) electrons. The molecule has 0 heterocycles. The number of carbonyl (C=O) groups is 2. The number of amides is 2. The molecule has 0 saturated heterocycles. The molecule has 1 aliphatic carbocycles. The lowest BCUT2D eigenvalue weighted by molar-refractivity contribution is -0.127. The summed E-state index contributed by atoms with van der Waals surface area (Å²) in [5.74, 6) is 0.164. The van der Waals surface area contributed by atoms with E-state index in [2.05, 4.69) is 16.7 Å². The molecule has 2 aromatic rings. The van der Waals surface area contributed by atoms with E-state index in [0.29, 0.717) is 5.75 Å². The second-order valence-electron chi connectivity index (χ2n) is 7.55. The van der Waals surface area contributed by atoms with Gasteiger partial charge >= 0.3 is 0 Å². The van der Waals surface area contributed by atoms with Crippen LogP contribution in [0.2, 0.25) is 0 Å². The highest BCUT2D eigenvalue weighted by Crippen LogP contribution is 2.37. The fourth-order valence-corrected chi connectivity index (χ4v) is 4.17. The summed E-state index contributed by atoms with van der Waals surface area (Å²) in [6.45, 7) is 2.25. The highest BCUT2D eigenvalue weighted by Gasteiger charge is 2.38. The van der Waals surface area contributed by atoms with Crippen molar-refractivity contribution in [1.29, 1.82) is 0 Å². The van der Waals surface area contributed by atoms with E-state index in [0.717, 1.165) is 30.4 Å². The lowest BCUT2D eigenvalue weighted by Gasteiger charge is -2.35. The lowest BCUT2D eigenvalue weighted by Crippen LogP contribution is -2.47. The van der Waals surface area contributed by atoms with Gasteiger partial charge in [0.15, 0.2) is 0 Å². The predicted molar refractivity (Wildman–Crippen MR) is 114 cm³/mol. The Hall–Kier alpha value is -2.53. The summed E-state index contributed by atoms with van der Waals surface area (Å²) >= 11 is 5.69. The summed E-state index contributed by atoms with van der Waals surface area (Å²) in [6.07, 6.45) is 2.76. The van der Waals surface area contributed by atoms with E-state index in [1.54, 1.807) is 7.11 Å². The number of fused-ring (bicyclic) bond motifs is 1. The van der Waals surface area contributed by atoms with Crippen LogP contribution in [0.15, 0.2) is 48.5 Å². The average Bonchev–Trinajstić information content (AvgIpc) is 2.76. The van der Waals surface area contributed by atoms with Crippen LogP contribution in [0, 0.1) is 0 Å². The van der Waals surface area contributed by atoms with Crippen LogP contribution in [0.1, 0.15) is 42.5 Å². The van der Waals surface area contributed by atoms with Gasteiger partial charge in [-0.1, -0.05) is 42.5 Å². The van der Waals surface area contributed by atoms with Crippen LogP contribution in [0.4, 0.5) is 0 Å². The monoisotopic (exact) mass is 414 g/mol. The summed E-state index contributed by atoms with van der Waals surface area (Å²) in [5, 5.41) is 5.94. The normalized spacial score (nSPS) is 19.0. The molecule has 2 unspecified atom stereocenters. The predicted octanol–water partition coefficient (Wildman–Crippen LogP) is 3.50. The molecular formula is C23H27ClN2O3. The zero-order valence-corrected chi connectivity index (χ0v) is 17.6. The maximum Gasteiger partial charge on any atom is 0.235 e. The molecule has 3 rings (SSSR count). The summed E-state index contributed by atoms with van der Waals surface area (Å²) in [4.78, 5) is 25.2. The maximum atomic E-state index is 13.2. The molecule has 5 nitrogen and oxygen atoms in total. The number of ether oxygens (including phenoxy) is 1. The van der Waals surface area contributed by atoms with E-state index in [-0.39, 0.29) is 24.2 Å². The SMILES string of the molecule is COc1ccccc1C(CNC(=O)C1(C)CCCc2ccccc21)NC(=O)CCl. The molecule has 154 valence electrons. The smallest absolute Gasteiger partial charge is 0.235 e. The van der Waals surface area contributed by atoms with Gasteiger partial charge in [-0.15, -0.1) is 11.6 Å². The molecular weight excluding hydrogens is 388 g/mol. The molecule has 2 amide bonds.